The molecule has 9 heteroatoms. The molecule has 4 nitrogen and oxygen atoms in total. The van der Waals surface area contributed by atoms with Crippen molar-refractivity contribution in [3.05, 3.63) is 93.9 Å². The number of benzene rings is 3. The summed E-state index contributed by atoms with van der Waals surface area (Å²) >= 11 is 23.7. The number of hydrogen-bond acceptors (Lipinski definition) is 3. The number of nitrogens with one attached hydrogen (secondary N) is 1. The zero-order valence-electron chi connectivity index (χ0n) is 17.1. The lowest BCUT2D eigenvalue weighted by atomic mass is 10.1. The molecule has 3 aromatic carbocycles. The minimum atomic E-state index is -0.519. The molecular formula is C24H15BrCl3IN2O2. The molecule has 1 N–H and O–H groups in total. The number of carbonyl (C=O) groups excluding carboxylic acids is 1. The molecule has 0 unspecified atom stereocenters. The molecule has 1 amide bonds. The van der Waals surface area contributed by atoms with Crippen molar-refractivity contribution in [1.29, 1.82) is 5.26 Å². The van der Waals surface area contributed by atoms with Gasteiger partial charge in [-0.3, -0.25) is 4.79 Å². The van der Waals surface area contributed by atoms with E-state index in [0.717, 1.165) is 14.7 Å². The fourth-order valence-corrected chi connectivity index (χ4v) is 5.08. The Labute approximate surface area is 228 Å². The molecule has 0 heterocycles. The Hall–Kier alpha value is -1.76. The SMILES string of the molecule is Cc1ccc(Cl)cc1NC(=O)/C(C#N)=C/c1cc(Br)c(OCc2ccc(Cl)c(Cl)c2)c(I)c1. The van der Waals surface area contributed by atoms with Crippen LogP contribution in [0.1, 0.15) is 16.7 Å². The first-order valence-electron chi connectivity index (χ1n) is 9.43. The maximum atomic E-state index is 12.7. The quantitative estimate of drug-likeness (QED) is 0.162. The third-order valence-electron chi connectivity index (χ3n) is 4.51. The molecular weight excluding hydrogens is 661 g/mol. The Kier molecular flexibility index (Phi) is 9.08. The molecule has 3 aromatic rings. The molecule has 0 saturated heterocycles. The number of anilines is 1. The highest BCUT2D eigenvalue weighted by Gasteiger charge is 2.14. The summed E-state index contributed by atoms with van der Waals surface area (Å²) in [5, 5.41) is 13.7. The van der Waals surface area contributed by atoms with Crippen LogP contribution in [0.15, 0.2) is 58.6 Å². The maximum absolute atomic E-state index is 12.7. The smallest absolute Gasteiger partial charge is 0.266 e. The minimum absolute atomic E-state index is 0.0402. The van der Waals surface area contributed by atoms with Gasteiger partial charge < -0.3 is 10.1 Å². The molecule has 0 atom stereocenters. The fraction of sp³-hybridized carbons (Fsp3) is 0.0833. The first-order chi connectivity index (χ1) is 15.7. The molecule has 3 rings (SSSR count). The number of halogens is 5. The zero-order valence-corrected chi connectivity index (χ0v) is 23.1. The van der Waals surface area contributed by atoms with Crippen LogP contribution >= 0.6 is 73.3 Å². The van der Waals surface area contributed by atoms with Gasteiger partial charge in [-0.15, -0.1) is 0 Å². The highest BCUT2D eigenvalue weighted by Crippen LogP contribution is 2.34. The van der Waals surface area contributed by atoms with Gasteiger partial charge >= 0.3 is 0 Å². The van der Waals surface area contributed by atoms with Crippen LogP contribution in [-0.2, 0) is 11.4 Å². The molecule has 0 radical (unpaired) electrons. The Balaban J connectivity index is 1.79. The van der Waals surface area contributed by atoms with E-state index in [4.69, 9.17) is 39.5 Å². The molecule has 0 fully saturated rings. The van der Waals surface area contributed by atoms with Gasteiger partial charge in [-0.25, -0.2) is 0 Å². The van der Waals surface area contributed by atoms with Crippen molar-refractivity contribution in [2.75, 3.05) is 5.32 Å². The van der Waals surface area contributed by atoms with Gasteiger partial charge in [-0.05, 0) is 105 Å². The monoisotopic (exact) mass is 674 g/mol. The van der Waals surface area contributed by atoms with Crippen LogP contribution in [0.3, 0.4) is 0 Å². The number of carbonyl (C=O) groups is 1. The van der Waals surface area contributed by atoms with Crippen LogP contribution in [0.4, 0.5) is 5.69 Å². The summed E-state index contributed by atoms with van der Waals surface area (Å²) in [6.45, 7) is 2.14. The van der Waals surface area contributed by atoms with Gasteiger partial charge in [0.05, 0.1) is 18.1 Å². The molecule has 0 aliphatic rings. The van der Waals surface area contributed by atoms with Crippen molar-refractivity contribution < 1.29 is 9.53 Å². The Bertz CT molecular complexity index is 1280. The normalized spacial score (nSPS) is 11.1. The van der Waals surface area contributed by atoms with Gasteiger partial charge in [0.25, 0.3) is 5.91 Å². The van der Waals surface area contributed by atoms with Crippen molar-refractivity contribution >= 4 is 91.0 Å². The zero-order chi connectivity index (χ0) is 24.1. The second-order valence-electron chi connectivity index (χ2n) is 6.93. The minimum Gasteiger partial charge on any atom is -0.487 e. The average molecular weight is 677 g/mol. The first-order valence-corrected chi connectivity index (χ1v) is 12.4. The second kappa shape index (κ2) is 11.6. The van der Waals surface area contributed by atoms with Gasteiger partial charge in [0.1, 0.15) is 24.0 Å². The van der Waals surface area contributed by atoms with Crippen LogP contribution < -0.4 is 10.1 Å². The lowest BCUT2D eigenvalue weighted by Gasteiger charge is -2.12. The number of amides is 1. The summed E-state index contributed by atoms with van der Waals surface area (Å²) in [5.41, 5.74) is 2.89. The number of hydrogen-bond donors (Lipinski definition) is 1. The highest BCUT2D eigenvalue weighted by atomic mass is 127. The summed E-state index contributed by atoms with van der Waals surface area (Å²) in [6.07, 6.45) is 1.52. The molecule has 168 valence electrons. The number of nitrogens with zero attached hydrogens (tertiary/aromatic N) is 1. The molecule has 0 aliphatic carbocycles. The number of ether oxygens (including phenoxy) is 1. The molecule has 0 spiro atoms. The predicted molar refractivity (Wildman–Crippen MR) is 146 cm³/mol. The summed E-state index contributed by atoms with van der Waals surface area (Å²) in [5.74, 6) is 0.116. The van der Waals surface area contributed by atoms with E-state index < -0.39 is 5.91 Å². The van der Waals surface area contributed by atoms with Gasteiger partial charge in [-0.2, -0.15) is 5.26 Å². The van der Waals surface area contributed by atoms with Crippen molar-refractivity contribution in [1.82, 2.24) is 0 Å². The molecule has 0 bridgehead atoms. The summed E-state index contributed by atoms with van der Waals surface area (Å²) < 4.78 is 7.44. The van der Waals surface area contributed by atoms with E-state index in [1.54, 1.807) is 36.4 Å². The van der Waals surface area contributed by atoms with E-state index in [9.17, 15) is 10.1 Å². The van der Waals surface area contributed by atoms with Crippen molar-refractivity contribution in [2.24, 2.45) is 0 Å². The van der Waals surface area contributed by atoms with Gasteiger partial charge in [-0.1, -0.05) is 46.9 Å². The van der Waals surface area contributed by atoms with Crippen LogP contribution in [0.2, 0.25) is 15.1 Å². The summed E-state index contributed by atoms with van der Waals surface area (Å²) in [4.78, 5) is 12.7. The van der Waals surface area contributed by atoms with E-state index in [2.05, 4.69) is 43.8 Å². The van der Waals surface area contributed by atoms with Gasteiger partial charge in [0, 0.05) is 10.7 Å². The number of rotatable bonds is 6. The van der Waals surface area contributed by atoms with E-state index in [-0.39, 0.29) is 5.57 Å². The van der Waals surface area contributed by atoms with E-state index >= 15 is 0 Å². The third kappa shape index (κ3) is 6.87. The van der Waals surface area contributed by atoms with Crippen LogP contribution in [0, 0.1) is 21.8 Å². The summed E-state index contributed by atoms with van der Waals surface area (Å²) in [6, 6.07) is 16.0. The fourth-order valence-electron chi connectivity index (χ4n) is 2.82. The Morgan fingerprint density at radius 2 is 1.91 bits per heavy atom. The summed E-state index contributed by atoms with van der Waals surface area (Å²) in [7, 11) is 0. The maximum Gasteiger partial charge on any atom is 0.266 e. The van der Waals surface area contributed by atoms with E-state index in [1.165, 1.54) is 6.08 Å². The Morgan fingerprint density at radius 3 is 2.58 bits per heavy atom. The largest absolute Gasteiger partial charge is 0.487 e. The lowest BCUT2D eigenvalue weighted by Crippen LogP contribution is -2.14. The molecule has 0 saturated carbocycles. The topological polar surface area (TPSA) is 62.1 Å². The standard InChI is InChI=1S/C24H15BrCl3IN2O2/c1-13-2-4-17(26)10-22(13)31-24(32)16(11-30)6-15-7-18(25)23(21(29)9-15)33-12-14-3-5-19(27)20(28)8-14/h2-10H,12H2,1H3,(H,31,32)/b16-6+. The van der Waals surface area contributed by atoms with Gasteiger partial charge in [0.15, 0.2) is 0 Å². The molecule has 33 heavy (non-hydrogen) atoms. The average Bonchev–Trinajstić information content (AvgIpc) is 2.76. The van der Waals surface area contributed by atoms with Crippen LogP contribution in [0.25, 0.3) is 6.08 Å². The Morgan fingerprint density at radius 1 is 1.15 bits per heavy atom. The van der Waals surface area contributed by atoms with Crippen LogP contribution in [0.5, 0.6) is 5.75 Å². The lowest BCUT2D eigenvalue weighted by molar-refractivity contribution is -0.112. The van der Waals surface area contributed by atoms with Crippen molar-refractivity contribution in [2.45, 2.75) is 13.5 Å². The van der Waals surface area contributed by atoms with Crippen LogP contribution in [-0.4, -0.2) is 5.91 Å². The van der Waals surface area contributed by atoms with E-state index in [0.29, 0.717) is 43.1 Å². The third-order valence-corrected chi connectivity index (χ3v) is 6.88. The van der Waals surface area contributed by atoms with Crippen molar-refractivity contribution in [3.8, 4) is 11.8 Å². The number of aryl methyl sites for hydroxylation is 1. The number of nitriles is 1. The van der Waals surface area contributed by atoms with Crippen molar-refractivity contribution in [3.63, 3.8) is 0 Å². The predicted octanol–water partition coefficient (Wildman–Crippen LogP) is 8.45. The molecule has 0 aromatic heterocycles. The van der Waals surface area contributed by atoms with E-state index in [1.807, 2.05) is 25.1 Å². The first kappa shape index (κ1) is 25.9. The van der Waals surface area contributed by atoms with Gasteiger partial charge in [0.2, 0.25) is 0 Å². The second-order valence-corrected chi connectivity index (χ2v) is 10.2. The molecule has 0 aliphatic heterocycles. The highest BCUT2D eigenvalue weighted by molar-refractivity contribution is 14.1.